The maximum Gasteiger partial charge on any atom is 0.240 e. The molecule has 0 bridgehead atoms. The molecule has 102 valence electrons. The van der Waals surface area contributed by atoms with Crippen LogP contribution in [0.3, 0.4) is 0 Å². The first kappa shape index (κ1) is 14.2. The van der Waals surface area contributed by atoms with Crippen molar-refractivity contribution in [2.75, 3.05) is 6.54 Å². The first-order chi connectivity index (χ1) is 9.12. The molecule has 5 nitrogen and oxygen atoms in total. The van der Waals surface area contributed by atoms with E-state index in [1.165, 1.54) is 0 Å². The largest absolute Gasteiger partial charge is 0.349 e. The van der Waals surface area contributed by atoms with Gasteiger partial charge in [0.2, 0.25) is 10.0 Å². The first-order valence-electron chi connectivity index (χ1n) is 5.74. The van der Waals surface area contributed by atoms with Crippen LogP contribution in [0.5, 0.6) is 0 Å². The van der Waals surface area contributed by atoms with Gasteiger partial charge in [-0.2, -0.15) is 0 Å². The number of nitrogens with one attached hydrogen (secondary N) is 2. The van der Waals surface area contributed by atoms with Crippen LogP contribution in [0.25, 0.3) is 0 Å². The van der Waals surface area contributed by atoms with Crippen molar-refractivity contribution in [2.24, 2.45) is 0 Å². The van der Waals surface area contributed by atoms with Crippen molar-refractivity contribution in [2.45, 2.75) is 16.6 Å². The Balaban J connectivity index is 1.97. The molecule has 1 aromatic heterocycles. The lowest BCUT2D eigenvalue weighted by atomic mass is 10.2. The Bertz CT molecular complexity index is 609. The smallest absolute Gasteiger partial charge is 0.240 e. The lowest BCUT2D eigenvalue weighted by Crippen LogP contribution is -2.26. The van der Waals surface area contributed by atoms with Crippen LogP contribution in [-0.4, -0.2) is 24.9 Å². The van der Waals surface area contributed by atoms with Crippen molar-refractivity contribution < 1.29 is 8.42 Å². The van der Waals surface area contributed by atoms with Crippen LogP contribution in [-0.2, 0) is 21.8 Å². The third-order valence-corrected chi connectivity index (χ3v) is 4.72. The summed E-state index contributed by atoms with van der Waals surface area (Å²) in [5, 5.41) is 0.708. The highest BCUT2D eigenvalue weighted by atomic mass is 79.9. The van der Waals surface area contributed by atoms with E-state index in [9.17, 15) is 8.42 Å². The van der Waals surface area contributed by atoms with Crippen molar-refractivity contribution in [3.8, 4) is 0 Å². The van der Waals surface area contributed by atoms with Crippen molar-refractivity contribution in [3.05, 3.63) is 48.0 Å². The van der Waals surface area contributed by atoms with Gasteiger partial charge in [0.05, 0.1) is 4.90 Å². The van der Waals surface area contributed by atoms with E-state index in [-0.39, 0.29) is 4.90 Å². The molecule has 0 saturated carbocycles. The van der Waals surface area contributed by atoms with Crippen molar-refractivity contribution in [1.29, 1.82) is 0 Å². The highest BCUT2D eigenvalue weighted by Crippen LogP contribution is 2.12. The standard InChI is InChI=1S/C12H14BrN3O2S/c13-9-10-1-3-11(4-2-10)19(17,18)16-6-5-12-14-7-8-15-12/h1-4,7-8,16H,5-6,9H2,(H,14,15). The van der Waals surface area contributed by atoms with Crippen LogP contribution >= 0.6 is 15.9 Å². The number of imidazole rings is 1. The minimum atomic E-state index is -3.45. The van der Waals surface area contributed by atoms with E-state index in [1.54, 1.807) is 36.7 Å². The molecule has 0 aliphatic heterocycles. The SMILES string of the molecule is O=S(=O)(NCCc1ncc[nH]1)c1ccc(CBr)cc1. The average molecular weight is 344 g/mol. The van der Waals surface area contributed by atoms with E-state index in [1.807, 2.05) is 0 Å². The fraction of sp³-hybridized carbons (Fsp3) is 0.250. The molecule has 0 spiro atoms. The molecule has 2 rings (SSSR count). The molecule has 0 fully saturated rings. The van der Waals surface area contributed by atoms with Gasteiger partial charge in [-0.15, -0.1) is 0 Å². The molecule has 7 heteroatoms. The fourth-order valence-electron chi connectivity index (χ4n) is 1.58. The summed E-state index contributed by atoms with van der Waals surface area (Å²) in [7, 11) is -3.45. The molecule has 0 amide bonds. The number of benzene rings is 1. The Kier molecular flexibility index (Phi) is 4.73. The maximum absolute atomic E-state index is 12.0. The summed E-state index contributed by atoms with van der Waals surface area (Å²) in [6.07, 6.45) is 3.89. The van der Waals surface area contributed by atoms with E-state index in [4.69, 9.17) is 0 Å². The minimum Gasteiger partial charge on any atom is -0.349 e. The van der Waals surface area contributed by atoms with E-state index in [0.717, 1.165) is 11.4 Å². The Hall–Kier alpha value is -1.18. The summed E-state index contributed by atoms with van der Waals surface area (Å²) in [4.78, 5) is 7.24. The van der Waals surface area contributed by atoms with Crippen LogP contribution in [0.15, 0.2) is 41.6 Å². The Labute approximate surface area is 120 Å². The van der Waals surface area contributed by atoms with Gasteiger partial charge in [-0.1, -0.05) is 28.1 Å². The summed E-state index contributed by atoms with van der Waals surface area (Å²) in [5.74, 6) is 0.761. The maximum atomic E-state index is 12.0. The Morgan fingerprint density at radius 2 is 2.00 bits per heavy atom. The van der Waals surface area contributed by atoms with E-state index in [0.29, 0.717) is 18.3 Å². The molecule has 0 saturated heterocycles. The van der Waals surface area contributed by atoms with Gasteiger partial charge in [0.25, 0.3) is 0 Å². The number of hydrogen-bond donors (Lipinski definition) is 2. The van der Waals surface area contributed by atoms with Crippen LogP contribution in [0.1, 0.15) is 11.4 Å². The number of rotatable bonds is 6. The predicted octanol–water partition coefficient (Wildman–Crippen LogP) is 1.83. The molecule has 19 heavy (non-hydrogen) atoms. The van der Waals surface area contributed by atoms with Crippen LogP contribution in [0.2, 0.25) is 0 Å². The number of nitrogens with zero attached hydrogens (tertiary/aromatic N) is 1. The van der Waals surface area contributed by atoms with Gasteiger partial charge in [0.1, 0.15) is 5.82 Å². The quantitative estimate of drug-likeness (QED) is 0.785. The third-order valence-electron chi connectivity index (χ3n) is 2.60. The Morgan fingerprint density at radius 3 is 2.58 bits per heavy atom. The van der Waals surface area contributed by atoms with E-state index >= 15 is 0 Å². The zero-order chi connectivity index (χ0) is 13.7. The van der Waals surface area contributed by atoms with Gasteiger partial charge in [0, 0.05) is 30.7 Å². The molecule has 0 atom stereocenters. The number of alkyl halides is 1. The fourth-order valence-corrected chi connectivity index (χ4v) is 2.99. The summed E-state index contributed by atoms with van der Waals surface area (Å²) in [6.45, 7) is 0.316. The second kappa shape index (κ2) is 6.31. The second-order valence-electron chi connectivity index (χ2n) is 3.96. The number of aromatic nitrogens is 2. The monoisotopic (exact) mass is 343 g/mol. The van der Waals surface area contributed by atoms with Crippen LogP contribution < -0.4 is 4.72 Å². The molecule has 1 aromatic carbocycles. The van der Waals surface area contributed by atoms with Gasteiger partial charge in [-0.25, -0.2) is 18.1 Å². The first-order valence-corrected chi connectivity index (χ1v) is 8.35. The number of sulfonamides is 1. The third kappa shape index (κ3) is 3.89. The zero-order valence-electron chi connectivity index (χ0n) is 10.1. The number of aromatic amines is 1. The lowest BCUT2D eigenvalue weighted by molar-refractivity contribution is 0.581. The Morgan fingerprint density at radius 1 is 1.26 bits per heavy atom. The van der Waals surface area contributed by atoms with Crippen molar-refractivity contribution in [1.82, 2.24) is 14.7 Å². The molecule has 0 unspecified atom stereocenters. The van der Waals surface area contributed by atoms with Gasteiger partial charge in [-0.05, 0) is 17.7 Å². The molecule has 2 N–H and O–H groups in total. The molecule has 0 aliphatic carbocycles. The van der Waals surface area contributed by atoms with Gasteiger partial charge < -0.3 is 4.98 Å². The van der Waals surface area contributed by atoms with E-state index in [2.05, 4.69) is 30.6 Å². The average Bonchev–Trinajstić information content (AvgIpc) is 2.92. The summed E-state index contributed by atoms with van der Waals surface area (Å²) in [6, 6.07) is 6.78. The topological polar surface area (TPSA) is 74.8 Å². The van der Waals surface area contributed by atoms with Crippen LogP contribution in [0, 0.1) is 0 Å². The van der Waals surface area contributed by atoms with Crippen molar-refractivity contribution >= 4 is 26.0 Å². The zero-order valence-corrected chi connectivity index (χ0v) is 12.5. The van der Waals surface area contributed by atoms with Gasteiger partial charge >= 0.3 is 0 Å². The highest BCUT2D eigenvalue weighted by molar-refractivity contribution is 9.08. The molecule has 2 aromatic rings. The molecule has 0 aliphatic rings. The second-order valence-corrected chi connectivity index (χ2v) is 6.29. The molecule has 1 heterocycles. The van der Waals surface area contributed by atoms with Crippen LogP contribution in [0.4, 0.5) is 0 Å². The highest BCUT2D eigenvalue weighted by Gasteiger charge is 2.13. The summed E-state index contributed by atoms with van der Waals surface area (Å²) < 4.78 is 26.6. The lowest BCUT2D eigenvalue weighted by Gasteiger charge is -2.06. The number of H-pyrrole nitrogens is 1. The minimum absolute atomic E-state index is 0.275. The predicted molar refractivity (Wildman–Crippen MR) is 76.6 cm³/mol. The van der Waals surface area contributed by atoms with E-state index < -0.39 is 10.0 Å². The summed E-state index contributed by atoms with van der Waals surface area (Å²) in [5.41, 5.74) is 1.04. The molecular weight excluding hydrogens is 330 g/mol. The van der Waals surface area contributed by atoms with Gasteiger partial charge in [0.15, 0.2) is 0 Å². The molecule has 0 radical (unpaired) electrons. The van der Waals surface area contributed by atoms with Crippen molar-refractivity contribution in [3.63, 3.8) is 0 Å². The number of halogens is 1. The summed E-state index contributed by atoms with van der Waals surface area (Å²) >= 11 is 3.32. The number of hydrogen-bond acceptors (Lipinski definition) is 3. The normalized spacial score (nSPS) is 11.6. The molecular formula is C12H14BrN3O2S. The van der Waals surface area contributed by atoms with Gasteiger partial charge in [-0.3, -0.25) is 0 Å².